The Bertz CT molecular complexity index is 671. The molecule has 2 rings (SSSR count). The molecule has 2 aliphatic rings. The van der Waals surface area contributed by atoms with E-state index in [-0.39, 0.29) is 17.6 Å². The number of aliphatic hydroxyl groups is 1. The Labute approximate surface area is 146 Å². The van der Waals surface area contributed by atoms with Crippen LogP contribution >= 0.6 is 0 Å². The standard InChI is InChI=1S/C19H22O6/c1-10(2)18(22)24-14-8-13(9-20)7-5-6-11(3)16(21)17-15(14)12(4)19(23)25-17/h7,9,14-17,21H,1,3-6,8H2,2H3/b13-7+/t14-,15-,16+,17+/m1/s1. The van der Waals surface area contributed by atoms with Crippen molar-refractivity contribution < 1.29 is 29.0 Å². The minimum absolute atomic E-state index is 0.0958. The molecule has 1 heterocycles. The number of hydrogen-bond acceptors (Lipinski definition) is 6. The van der Waals surface area contributed by atoms with Crippen molar-refractivity contribution in [1.29, 1.82) is 0 Å². The second-order valence-corrected chi connectivity index (χ2v) is 6.39. The van der Waals surface area contributed by atoms with Gasteiger partial charge < -0.3 is 14.6 Å². The third-order valence-corrected chi connectivity index (χ3v) is 4.46. The zero-order chi connectivity index (χ0) is 18.7. The molecule has 6 heteroatoms. The second kappa shape index (κ2) is 7.61. The van der Waals surface area contributed by atoms with E-state index in [4.69, 9.17) is 9.47 Å². The quantitative estimate of drug-likeness (QED) is 0.363. The van der Waals surface area contributed by atoms with E-state index < -0.39 is 36.2 Å². The Balaban J connectivity index is 2.46. The maximum absolute atomic E-state index is 12.0. The molecule has 134 valence electrons. The molecule has 0 spiro atoms. The van der Waals surface area contributed by atoms with Gasteiger partial charge in [0.25, 0.3) is 0 Å². The zero-order valence-electron chi connectivity index (χ0n) is 14.2. The monoisotopic (exact) mass is 346 g/mol. The van der Waals surface area contributed by atoms with Crippen molar-refractivity contribution in [1.82, 2.24) is 0 Å². The van der Waals surface area contributed by atoms with Crippen molar-refractivity contribution >= 4 is 18.2 Å². The minimum atomic E-state index is -1.11. The van der Waals surface area contributed by atoms with Gasteiger partial charge in [0.05, 0.1) is 5.92 Å². The molecule has 0 aromatic carbocycles. The van der Waals surface area contributed by atoms with E-state index in [2.05, 4.69) is 19.7 Å². The van der Waals surface area contributed by atoms with Crippen LogP contribution in [0.15, 0.2) is 48.1 Å². The Kier molecular flexibility index (Phi) is 5.74. The molecule has 1 aliphatic carbocycles. The van der Waals surface area contributed by atoms with Gasteiger partial charge in [0.15, 0.2) is 0 Å². The molecule has 25 heavy (non-hydrogen) atoms. The number of aliphatic hydroxyl groups excluding tert-OH is 1. The molecule has 0 unspecified atom stereocenters. The van der Waals surface area contributed by atoms with Gasteiger partial charge in [-0.3, -0.25) is 4.79 Å². The van der Waals surface area contributed by atoms with Gasteiger partial charge in [-0.2, -0.15) is 0 Å². The van der Waals surface area contributed by atoms with Gasteiger partial charge in [0.2, 0.25) is 0 Å². The summed E-state index contributed by atoms with van der Waals surface area (Å²) in [6.45, 7) is 12.6. The summed E-state index contributed by atoms with van der Waals surface area (Å²) in [5.41, 5.74) is 1.20. The maximum atomic E-state index is 12.0. The highest BCUT2D eigenvalue weighted by Gasteiger charge is 2.49. The third kappa shape index (κ3) is 3.96. The number of ether oxygens (including phenoxy) is 2. The number of rotatable bonds is 3. The highest BCUT2D eigenvalue weighted by atomic mass is 16.6. The lowest BCUT2D eigenvalue weighted by molar-refractivity contribution is -0.150. The van der Waals surface area contributed by atoms with Gasteiger partial charge in [-0.25, -0.2) is 9.59 Å². The van der Waals surface area contributed by atoms with Gasteiger partial charge in [-0.15, -0.1) is 0 Å². The Morgan fingerprint density at radius 3 is 2.72 bits per heavy atom. The summed E-state index contributed by atoms with van der Waals surface area (Å²) in [4.78, 5) is 35.4. The van der Waals surface area contributed by atoms with Crippen LogP contribution < -0.4 is 0 Å². The van der Waals surface area contributed by atoms with Gasteiger partial charge in [0.1, 0.15) is 24.6 Å². The molecule has 1 saturated heterocycles. The van der Waals surface area contributed by atoms with Gasteiger partial charge >= 0.3 is 11.9 Å². The summed E-state index contributed by atoms with van der Waals surface area (Å²) in [7, 11) is 0. The van der Waals surface area contributed by atoms with Crippen molar-refractivity contribution in [3.63, 3.8) is 0 Å². The molecule has 0 radical (unpaired) electrons. The highest BCUT2D eigenvalue weighted by molar-refractivity contribution is 5.91. The van der Waals surface area contributed by atoms with Crippen molar-refractivity contribution in [2.45, 2.75) is 44.5 Å². The molecule has 0 aromatic rings. The summed E-state index contributed by atoms with van der Waals surface area (Å²) in [5, 5.41) is 10.5. The van der Waals surface area contributed by atoms with E-state index in [0.717, 1.165) is 0 Å². The number of carbonyl (C=O) groups excluding carboxylic acids is 3. The molecule has 0 saturated carbocycles. The molecule has 0 aromatic heterocycles. The summed E-state index contributed by atoms with van der Waals surface area (Å²) in [5.74, 6) is -2.08. The SMILES string of the molecule is C=C(C)C(=O)O[C@@H]1C/C(C=O)=C\CCC(=C)[C@H](O)[C@H]2OC(=O)C(=C)[C@@H]21. The molecule has 6 nitrogen and oxygen atoms in total. The smallest absolute Gasteiger partial charge is 0.334 e. The topological polar surface area (TPSA) is 89.9 Å². The number of hydrogen-bond donors (Lipinski definition) is 1. The summed E-state index contributed by atoms with van der Waals surface area (Å²) >= 11 is 0. The first kappa shape index (κ1) is 18.9. The fourth-order valence-corrected chi connectivity index (χ4v) is 3.02. The predicted octanol–water partition coefficient (Wildman–Crippen LogP) is 1.80. The number of esters is 2. The van der Waals surface area contributed by atoms with Crippen LogP contribution in [0, 0.1) is 5.92 Å². The first-order chi connectivity index (χ1) is 11.8. The van der Waals surface area contributed by atoms with E-state index >= 15 is 0 Å². The van der Waals surface area contributed by atoms with Gasteiger partial charge in [0, 0.05) is 17.6 Å². The average molecular weight is 346 g/mol. The van der Waals surface area contributed by atoms with E-state index in [1.54, 1.807) is 6.08 Å². The summed E-state index contributed by atoms with van der Waals surface area (Å²) < 4.78 is 10.7. The second-order valence-electron chi connectivity index (χ2n) is 6.39. The Morgan fingerprint density at radius 2 is 2.12 bits per heavy atom. The molecular weight excluding hydrogens is 324 g/mol. The first-order valence-corrected chi connectivity index (χ1v) is 8.02. The maximum Gasteiger partial charge on any atom is 0.334 e. The predicted molar refractivity (Wildman–Crippen MR) is 90.3 cm³/mol. The van der Waals surface area contributed by atoms with E-state index in [1.807, 2.05) is 0 Å². The molecule has 1 fully saturated rings. The van der Waals surface area contributed by atoms with Gasteiger partial charge in [-0.1, -0.05) is 25.8 Å². The molecule has 1 aliphatic heterocycles. The number of allylic oxidation sites excluding steroid dienone is 1. The van der Waals surface area contributed by atoms with E-state index in [1.165, 1.54) is 6.92 Å². The lowest BCUT2D eigenvalue weighted by Crippen LogP contribution is -2.41. The van der Waals surface area contributed by atoms with Crippen LogP contribution in [0.5, 0.6) is 0 Å². The number of carbonyl (C=O) groups is 3. The average Bonchev–Trinajstić information content (AvgIpc) is 2.86. The van der Waals surface area contributed by atoms with Crippen molar-refractivity contribution in [2.24, 2.45) is 5.92 Å². The lowest BCUT2D eigenvalue weighted by atomic mass is 9.82. The Morgan fingerprint density at radius 1 is 1.44 bits per heavy atom. The molecule has 0 amide bonds. The molecule has 0 bridgehead atoms. The van der Waals surface area contributed by atoms with Crippen molar-refractivity contribution in [3.8, 4) is 0 Å². The van der Waals surface area contributed by atoms with Crippen LogP contribution in [0.1, 0.15) is 26.2 Å². The summed E-state index contributed by atoms with van der Waals surface area (Å²) in [6.07, 6.45) is 0.500. The van der Waals surface area contributed by atoms with Crippen LogP contribution in [-0.4, -0.2) is 41.6 Å². The third-order valence-electron chi connectivity index (χ3n) is 4.46. The largest absolute Gasteiger partial charge is 0.458 e. The highest BCUT2D eigenvalue weighted by Crippen LogP contribution is 2.38. The molecular formula is C19H22O6. The molecule has 1 N–H and O–H groups in total. The first-order valence-electron chi connectivity index (χ1n) is 8.02. The van der Waals surface area contributed by atoms with Gasteiger partial charge in [-0.05, 0) is 30.9 Å². The van der Waals surface area contributed by atoms with Crippen molar-refractivity contribution in [2.75, 3.05) is 0 Å². The Hall–Kier alpha value is -2.47. The summed E-state index contributed by atoms with van der Waals surface area (Å²) in [6, 6.07) is 0. The number of fused-ring (bicyclic) bond motifs is 1. The minimum Gasteiger partial charge on any atom is -0.458 e. The fourth-order valence-electron chi connectivity index (χ4n) is 3.02. The fraction of sp³-hybridized carbons (Fsp3) is 0.421. The van der Waals surface area contributed by atoms with Crippen LogP contribution in [0.25, 0.3) is 0 Å². The van der Waals surface area contributed by atoms with Crippen LogP contribution in [-0.2, 0) is 23.9 Å². The van der Waals surface area contributed by atoms with E-state index in [0.29, 0.717) is 30.3 Å². The zero-order valence-corrected chi connectivity index (χ0v) is 14.2. The van der Waals surface area contributed by atoms with Crippen LogP contribution in [0.2, 0.25) is 0 Å². The van der Waals surface area contributed by atoms with Crippen LogP contribution in [0.3, 0.4) is 0 Å². The lowest BCUT2D eigenvalue weighted by Gasteiger charge is -2.31. The molecule has 4 atom stereocenters. The van der Waals surface area contributed by atoms with Crippen molar-refractivity contribution in [3.05, 3.63) is 48.1 Å². The number of aldehydes is 1. The van der Waals surface area contributed by atoms with E-state index in [9.17, 15) is 19.5 Å². The normalized spacial score (nSPS) is 32.1. The van der Waals surface area contributed by atoms with Crippen LogP contribution in [0.4, 0.5) is 0 Å².